The number of carboxylic acids is 1. The molecule has 0 unspecified atom stereocenters. The van der Waals surface area contributed by atoms with Crippen LogP contribution in [0.3, 0.4) is 0 Å². The van der Waals surface area contributed by atoms with Gasteiger partial charge in [-0.15, -0.1) is 0 Å². The second kappa shape index (κ2) is 6.29. The summed E-state index contributed by atoms with van der Waals surface area (Å²) in [6, 6.07) is 14.8. The fourth-order valence-corrected chi connectivity index (χ4v) is 1.61. The van der Waals surface area contributed by atoms with Crippen molar-refractivity contribution in [2.24, 2.45) is 5.10 Å². The lowest BCUT2D eigenvalue weighted by molar-refractivity contribution is -0.255. The van der Waals surface area contributed by atoms with Crippen molar-refractivity contribution < 1.29 is 14.7 Å². The molecule has 0 aliphatic rings. The number of nitrogens with zero attached hydrogens (tertiary/aromatic N) is 1. The first-order valence-electron chi connectivity index (χ1n) is 5.87. The maximum Gasteiger partial charge on any atom is 0.271 e. The summed E-state index contributed by atoms with van der Waals surface area (Å²) in [5.41, 5.74) is 3.18. The Balaban J connectivity index is 2.08. The van der Waals surface area contributed by atoms with E-state index in [1.165, 1.54) is 12.3 Å². The standard InChI is InChI=1S/C15H12N2O3/c18-14(11-6-2-1-3-7-11)17-16-10-12-8-4-5-9-13(12)15(19)20/h1-10H,(H,17,18)(H,19,20)/p-1. The highest BCUT2D eigenvalue weighted by molar-refractivity contribution is 5.98. The number of benzene rings is 2. The van der Waals surface area contributed by atoms with Crippen molar-refractivity contribution in [3.05, 3.63) is 71.3 Å². The van der Waals surface area contributed by atoms with E-state index in [-0.39, 0.29) is 11.5 Å². The molecule has 0 spiro atoms. The molecule has 100 valence electrons. The number of hydrogen-bond donors (Lipinski definition) is 1. The second-order valence-electron chi connectivity index (χ2n) is 3.94. The van der Waals surface area contributed by atoms with Gasteiger partial charge in [0.15, 0.2) is 0 Å². The van der Waals surface area contributed by atoms with Gasteiger partial charge >= 0.3 is 0 Å². The average Bonchev–Trinajstić information content (AvgIpc) is 2.48. The predicted molar refractivity (Wildman–Crippen MR) is 72.3 cm³/mol. The van der Waals surface area contributed by atoms with Crippen LogP contribution < -0.4 is 10.5 Å². The number of carbonyl (C=O) groups excluding carboxylic acids is 2. The summed E-state index contributed by atoms with van der Waals surface area (Å²) in [5, 5.41) is 14.6. The summed E-state index contributed by atoms with van der Waals surface area (Å²) in [4.78, 5) is 22.6. The number of carbonyl (C=O) groups is 2. The van der Waals surface area contributed by atoms with Crippen LogP contribution in [0.15, 0.2) is 59.7 Å². The molecule has 2 aromatic rings. The number of hydrogen-bond acceptors (Lipinski definition) is 4. The average molecular weight is 267 g/mol. The number of rotatable bonds is 4. The van der Waals surface area contributed by atoms with E-state index in [0.29, 0.717) is 11.1 Å². The maximum atomic E-state index is 11.7. The van der Waals surface area contributed by atoms with Crippen LogP contribution in [-0.4, -0.2) is 18.1 Å². The van der Waals surface area contributed by atoms with Crippen LogP contribution in [0.1, 0.15) is 26.3 Å². The molecule has 0 aliphatic carbocycles. The van der Waals surface area contributed by atoms with Gasteiger partial charge in [0, 0.05) is 16.7 Å². The second-order valence-corrected chi connectivity index (χ2v) is 3.94. The molecule has 20 heavy (non-hydrogen) atoms. The minimum Gasteiger partial charge on any atom is -0.545 e. The predicted octanol–water partition coefficient (Wildman–Crippen LogP) is 0.814. The molecule has 5 heteroatoms. The summed E-state index contributed by atoms with van der Waals surface area (Å²) in [6.45, 7) is 0. The van der Waals surface area contributed by atoms with Gasteiger partial charge in [-0.1, -0.05) is 42.5 Å². The zero-order valence-electron chi connectivity index (χ0n) is 10.4. The van der Waals surface area contributed by atoms with Gasteiger partial charge in [-0.3, -0.25) is 4.79 Å². The molecule has 0 atom stereocenters. The van der Waals surface area contributed by atoms with E-state index in [0.717, 1.165) is 0 Å². The van der Waals surface area contributed by atoms with E-state index in [1.807, 2.05) is 0 Å². The van der Waals surface area contributed by atoms with Crippen molar-refractivity contribution in [3.63, 3.8) is 0 Å². The molecule has 0 fully saturated rings. The first-order chi connectivity index (χ1) is 9.68. The topological polar surface area (TPSA) is 81.6 Å². The van der Waals surface area contributed by atoms with E-state index >= 15 is 0 Å². The van der Waals surface area contributed by atoms with E-state index < -0.39 is 5.97 Å². The van der Waals surface area contributed by atoms with Crippen molar-refractivity contribution in [2.45, 2.75) is 0 Å². The highest BCUT2D eigenvalue weighted by Crippen LogP contribution is 2.04. The van der Waals surface area contributed by atoms with Gasteiger partial charge in [-0.25, -0.2) is 5.43 Å². The molecule has 2 rings (SSSR count). The van der Waals surface area contributed by atoms with Crippen LogP contribution in [0, 0.1) is 0 Å². The van der Waals surface area contributed by atoms with Gasteiger partial charge < -0.3 is 9.90 Å². The molecular weight excluding hydrogens is 256 g/mol. The van der Waals surface area contributed by atoms with Crippen molar-refractivity contribution in [1.82, 2.24) is 5.43 Å². The highest BCUT2D eigenvalue weighted by Gasteiger charge is 2.02. The van der Waals surface area contributed by atoms with Crippen LogP contribution in [-0.2, 0) is 0 Å². The normalized spacial score (nSPS) is 10.4. The zero-order chi connectivity index (χ0) is 14.4. The molecule has 2 aromatic carbocycles. The lowest BCUT2D eigenvalue weighted by Crippen LogP contribution is -2.24. The lowest BCUT2D eigenvalue weighted by atomic mass is 10.1. The Morgan fingerprint density at radius 2 is 1.65 bits per heavy atom. The zero-order valence-corrected chi connectivity index (χ0v) is 10.4. The summed E-state index contributed by atoms with van der Waals surface area (Å²) in [7, 11) is 0. The summed E-state index contributed by atoms with van der Waals surface area (Å²) < 4.78 is 0. The number of nitrogens with one attached hydrogen (secondary N) is 1. The molecule has 0 saturated heterocycles. The first kappa shape index (κ1) is 13.5. The van der Waals surface area contributed by atoms with Gasteiger partial charge in [-0.05, 0) is 12.1 Å². The monoisotopic (exact) mass is 267 g/mol. The van der Waals surface area contributed by atoms with E-state index in [1.54, 1.807) is 48.5 Å². The van der Waals surface area contributed by atoms with Gasteiger partial charge in [-0.2, -0.15) is 5.10 Å². The Labute approximate surface area is 115 Å². The Morgan fingerprint density at radius 1 is 1.00 bits per heavy atom. The SMILES string of the molecule is O=C(NN=Cc1ccccc1C(=O)[O-])c1ccccc1. The Bertz CT molecular complexity index is 651. The van der Waals surface area contributed by atoms with Gasteiger partial charge in [0.05, 0.1) is 12.2 Å². The molecule has 0 bridgehead atoms. The van der Waals surface area contributed by atoms with Crippen molar-refractivity contribution in [3.8, 4) is 0 Å². The third-order valence-corrected chi connectivity index (χ3v) is 2.59. The quantitative estimate of drug-likeness (QED) is 0.657. The summed E-state index contributed by atoms with van der Waals surface area (Å²) >= 11 is 0. The van der Waals surface area contributed by atoms with Crippen LogP contribution >= 0.6 is 0 Å². The van der Waals surface area contributed by atoms with Crippen LogP contribution in [0.2, 0.25) is 0 Å². The van der Waals surface area contributed by atoms with Crippen molar-refractivity contribution in [2.75, 3.05) is 0 Å². The molecule has 5 nitrogen and oxygen atoms in total. The molecule has 0 aliphatic heterocycles. The van der Waals surface area contributed by atoms with Crippen molar-refractivity contribution in [1.29, 1.82) is 0 Å². The van der Waals surface area contributed by atoms with Gasteiger partial charge in [0.1, 0.15) is 0 Å². The summed E-state index contributed by atoms with van der Waals surface area (Å²) in [5.74, 6) is -1.66. The van der Waals surface area contributed by atoms with E-state index in [4.69, 9.17) is 0 Å². The summed E-state index contributed by atoms with van der Waals surface area (Å²) in [6.07, 6.45) is 1.27. The Morgan fingerprint density at radius 3 is 2.35 bits per heavy atom. The molecule has 0 radical (unpaired) electrons. The maximum absolute atomic E-state index is 11.7. The molecule has 1 amide bonds. The number of carboxylic acid groups (broad SMARTS) is 1. The molecule has 0 heterocycles. The van der Waals surface area contributed by atoms with Crippen LogP contribution in [0.4, 0.5) is 0 Å². The Hall–Kier alpha value is -2.95. The fourth-order valence-electron chi connectivity index (χ4n) is 1.61. The third-order valence-electron chi connectivity index (χ3n) is 2.59. The van der Waals surface area contributed by atoms with Gasteiger partial charge in [0.25, 0.3) is 5.91 Å². The van der Waals surface area contributed by atoms with Crippen molar-refractivity contribution >= 4 is 18.1 Å². The number of hydrazone groups is 1. The Kier molecular flexibility index (Phi) is 4.24. The molecule has 0 aromatic heterocycles. The number of amides is 1. The van der Waals surface area contributed by atoms with Crippen LogP contribution in [0.5, 0.6) is 0 Å². The highest BCUT2D eigenvalue weighted by atomic mass is 16.4. The van der Waals surface area contributed by atoms with Gasteiger partial charge in [0.2, 0.25) is 0 Å². The van der Waals surface area contributed by atoms with Crippen LogP contribution in [0.25, 0.3) is 0 Å². The lowest BCUT2D eigenvalue weighted by Gasteiger charge is -2.05. The largest absolute Gasteiger partial charge is 0.545 e. The molecular formula is C15H11N2O3-. The number of aromatic carboxylic acids is 1. The smallest absolute Gasteiger partial charge is 0.271 e. The first-order valence-corrected chi connectivity index (χ1v) is 5.87. The minimum absolute atomic E-state index is 0.0187. The van der Waals surface area contributed by atoms with E-state index in [9.17, 15) is 14.7 Å². The minimum atomic E-state index is -1.29. The third kappa shape index (κ3) is 3.29. The molecule has 0 saturated carbocycles. The molecule has 1 N–H and O–H groups in total. The fraction of sp³-hybridized carbons (Fsp3) is 0. The van der Waals surface area contributed by atoms with E-state index in [2.05, 4.69) is 10.5 Å².